The van der Waals surface area contributed by atoms with Crippen LogP contribution in [0.3, 0.4) is 0 Å². The van der Waals surface area contributed by atoms with Gasteiger partial charge in [0.15, 0.2) is 0 Å². The largest absolute Gasteiger partial charge is 0.297 e. The molecule has 118 valence electrons. The quantitative estimate of drug-likeness (QED) is 0.865. The zero-order chi connectivity index (χ0) is 14.9. The molecule has 2 saturated carbocycles. The highest BCUT2D eigenvalue weighted by Gasteiger charge is 2.45. The van der Waals surface area contributed by atoms with Gasteiger partial charge in [-0.3, -0.25) is 10.2 Å². The average Bonchev–Trinajstić information content (AvgIpc) is 2.90. The Labute approximate surface area is 130 Å². The fourth-order valence-corrected chi connectivity index (χ4v) is 5.24. The lowest BCUT2D eigenvalue weighted by Crippen LogP contribution is -2.52. The second kappa shape index (κ2) is 6.26. The van der Waals surface area contributed by atoms with Crippen molar-refractivity contribution in [2.24, 2.45) is 5.92 Å². The Kier molecular flexibility index (Phi) is 4.57. The van der Waals surface area contributed by atoms with Crippen LogP contribution in [0, 0.1) is 17.2 Å². The number of nitriles is 1. The highest BCUT2D eigenvalue weighted by atomic mass is 15.2. The summed E-state index contributed by atoms with van der Waals surface area (Å²) in [6.45, 7) is 5.59. The lowest BCUT2D eigenvalue weighted by atomic mass is 9.77. The van der Waals surface area contributed by atoms with Crippen molar-refractivity contribution < 1.29 is 0 Å². The Balaban J connectivity index is 1.68. The number of fused-ring (bicyclic) bond motifs is 1. The Morgan fingerprint density at radius 3 is 2.67 bits per heavy atom. The molecular weight excluding hydrogens is 258 g/mol. The Bertz CT molecular complexity index is 398. The van der Waals surface area contributed by atoms with Crippen LogP contribution < -0.4 is 5.32 Å². The third-order valence-corrected chi connectivity index (χ3v) is 6.02. The monoisotopic (exact) mass is 289 g/mol. The van der Waals surface area contributed by atoms with E-state index in [1.807, 2.05) is 0 Å². The number of rotatable bonds is 3. The molecule has 3 aliphatic rings. The molecule has 4 atom stereocenters. The normalized spacial score (nSPS) is 41.0. The molecule has 0 aromatic heterocycles. The smallest absolute Gasteiger partial charge is 0.108 e. The molecule has 2 unspecified atom stereocenters. The van der Waals surface area contributed by atoms with Gasteiger partial charge in [-0.2, -0.15) is 5.26 Å². The van der Waals surface area contributed by atoms with Crippen LogP contribution in [-0.2, 0) is 0 Å². The Morgan fingerprint density at radius 2 is 1.90 bits per heavy atom. The first-order chi connectivity index (χ1) is 10.1. The van der Waals surface area contributed by atoms with E-state index in [1.54, 1.807) is 0 Å². The van der Waals surface area contributed by atoms with Crippen molar-refractivity contribution in [1.82, 2.24) is 10.2 Å². The third-order valence-electron chi connectivity index (χ3n) is 6.02. The molecule has 0 aromatic carbocycles. The standard InChI is InChI=1S/C18H31N3/c1-14(2)20-18(13-19)10-9-16(12-18)21-11-5-7-15-6-3-4-8-17(15)21/h14-17,20H,3-12H2,1-2H3/t15-,16?,17-,18?/m1/s1. The van der Waals surface area contributed by atoms with Crippen LogP contribution in [-0.4, -0.2) is 35.1 Å². The fraction of sp³-hybridized carbons (Fsp3) is 0.944. The maximum atomic E-state index is 9.68. The van der Waals surface area contributed by atoms with Gasteiger partial charge in [0, 0.05) is 18.1 Å². The van der Waals surface area contributed by atoms with Gasteiger partial charge >= 0.3 is 0 Å². The molecule has 3 nitrogen and oxygen atoms in total. The van der Waals surface area contributed by atoms with Crippen LogP contribution in [0.5, 0.6) is 0 Å². The van der Waals surface area contributed by atoms with Crippen molar-refractivity contribution in [1.29, 1.82) is 5.26 Å². The number of hydrogen-bond donors (Lipinski definition) is 1. The molecule has 1 saturated heterocycles. The van der Waals surface area contributed by atoms with E-state index >= 15 is 0 Å². The second-order valence-corrected chi connectivity index (χ2v) is 7.88. The van der Waals surface area contributed by atoms with E-state index < -0.39 is 0 Å². The zero-order valence-corrected chi connectivity index (χ0v) is 13.8. The molecule has 0 radical (unpaired) electrons. The van der Waals surface area contributed by atoms with E-state index in [-0.39, 0.29) is 5.54 Å². The molecule has 0 bridgehead atoms. The number of likely N-dealkylation sites (tertiary alicyclic amines) is 1. The minimum Gasteiger partial charge on any atom is -0.297 e. The summed E-state index contributed by atoms with van der Waals surface area (Å²) in [5.74, 6) is 0.947. The van der Waals surface area contributed by atoms with E-state index in [4.69, 9.17) is 0 Å². The van der Waals surface area contributed by atoms with Crippen molar-refractivity contribution in [3.63, 3.8) is 0 Å². The van der Waals surface area contributed by atoms with Gasteiger partial charge in [0.25, 0.3) is 0 Å². The van der Waals surface area contributed by atoms with Crippen LogP contribution in [0.25, 0.3) is 0 Å². The first-order valence-electron chi connectivity index (χ1n) is 9.08. The van der Waals surface area contributed by atoms with Gasteiger partial charge in [0.05, 0.1) is 6.07 Å². The summed E-state index contributed by atoms with van der Waals surface area (Å²) in [4.78, 5) is 2.81. The Hall–Kier alpha value is -0.590. The number of nitrogens with one attached hydrogen (secondary N) is 1. The minimum atomic E-state index is -0.263. The lowest BCUT2D eigenvalue weighted by Gasteiger charge is -2.47. The van der Waals surface area contributed by atoms with E-state index in [0.29, 0.717) is 12.1 Å². The highest BCUT2D eigenvalue weighted by Crippen LogP contribution is 2.41. The highest BCUT2D eigenvalue weighted by molar-refractivity contribution is 5.14. The van der Waals surface area contributed by atoms with E-state index in [0.717, 1.165) is 24.8 Å². The maximum absolute atomic E-state index is 9.68. The van der Waals surface area contributed by atoms with Gasteiger partial charge in [-0.15, -0.1) is 0 Å². The molecule has 1 aliphatic heterocycles. The van der Waals surface area contributed by atoms with Crippen LogP contribution >= 0.6 is 0 Å². The first kappa shape index (κ1) is 15.3. The van der Waals surface area contributed by atoms with Crippen molar-refractivity contribution in [3.05, 3.63) is 0 Å². The molecule has 0 aromatic rings. The SMILES string of the molecule is CC(C)NC1(C#N)CCC(N2CCC[C@H]3CCCC[C@H]32)C1. The van der Waals surface area contributed by atoms with Crippen LogP contribution in [0.1, 0.15) is 71.6 Å². The predicted molar refractivity (Wildman–Crippen MR) is 85.9 cm³/mol. The van der Waals surface area contributed by atoms with Gasteiger partial charge < -0.3 is 0 Å². The second-order valence-electron chi connectivity index (χ2n) is 7.88. The number of piperidine rings is 1. The summed E-state index contributed by atoms with van der Waals surface area (Å²) in [5.41, 5.74) is -0.263. The molecule has 0 amide bonds. The molecule has 2 aliphatic carbocycles. The van der Waals surface area contributed by atoms with Gasteiger partial charge in [-0.25, -0.2) is 0 Å². The van der Waals surface area contributed by atoms with Crippen molar-refractivity contribution in [2.75, 3.05) is 6.54 Å². The average molecular weight is 289 g/mol. The van der Waals surface area contributed by atoms with Crippen LogP contribution in [0.2, 0.25) is 0 Å². The molecule has 1 N–H and O–H groups in total. The van der Waals surface area contributed by atoms with E-state index in [2.05, 4.69) is 30.1 Å². The van der Waals surface area contributed by atoms with Crippen LogP contribution in [0.15, 0.2) is 0 Å². The lowest BCUT2D eigenvalue weighted by molar-refractivity contribution is 0.0260. The van der Waals surface area contributed by atoms with E-state index in [1.165, 1.54) is 51.5 Å². The summed E-state index contributed by atoms with van der Waals surface area (Å²) in [5, 5.41) is 13.2. The van der Waals surface area contributed by atoms with Crippen molar-refractivity contribution in [3.8, 4) is 6.07 Å². The first-order valence-corrected chi connectivity index (χ1v) is 9.08. The predicted octanol–water partition coefficient (Wildman–Crippen LogP) is 3.45. The zero-order valence-electron chi connectivity index (χ0n) is 13.8. The molecule has 0 spiro atoms. The minimum absolute atomic E-state index is 0.263. The molecular formula is C18H31N3. The van der Waals surface area contributed by atoms with Crippen molar-refractivity contribution >= 4 is 0 Å². The number of nitrogens with zero attached hydrogens (tertiary/aromatic N) is 2. The third kappa shape index (κ3) is 3.12. The Morgan fingerprint density at radius 1 is 1.14 bits per heavy atom. The molecule has 3 rings (SSSR count). The maximum Gasteiger partial charge on any atom is 0.108 e. The van der Waals surface area contributed by atoms with E-state index in [9.17, 15) is 5.26 Å². The molecule has 3 heteroatoms. The van der Waals surface area contributed by atoms with Crippen LogP contribution in [0.4, 0.5) is 0 Å². The summed E-state index contributed by atoms with van der Waals surface area (Å²) in [6.07, 6.45) is 11.8. The number of hydrogen-bond acceptors (Lipinski definition) is 3. The van der Waals surface area contributed by atoms with Gasteiger partial charge in [0.2, 0.25) is 0 Å². The van der Waals surface area contributed by atoms with Gasteiger partial charge in [0.1, 0.15) is 5.54 Å². The van der Waals surface area contributed by atoms with Crippen molar-refractivity contribution in [2.45, 2.75) is 95.3 Å². The topological polar surface area (TPSA) is 39.1 Å². The summed E-state index contributed by atoms with van der Waals surface area (Å²) < 4.78 is 0. The molecule has 3 fully saturated rings. The molecule has 21 heavy (non-hydrogen) atoms. The van der Waals surface area contributed by atoms with Gasteiger partial charge in [-0.05, 0) is 71.3 Å². The summed E-state index contributed by atoms with van der Waals surface area (Å²) in [6, 6.07) is 4.47. The summed E-state index contributed by atoms with van der Waals surface area (Å²) >= 11 is 0. The fourth-order valence-electron chi connectivity index (χ4n) is 5.24. The van der Waals surface area contributed by atoms with Gasteiger partial charge in [-0.1, -0.05) is 12.8 Å². The summed E-state index contributed by atoms with van der Waals surface area (Å²) in [7, 11) is 0. The molecule has 1 heterocycles.